The van der Waals surface area contributed by atoms with Gasteiger partial charge in [0.05, 0.1) is 0 Å². The Kier molecular flexibility index (Phi) is 3.45. The van der Waals surface area contributed by atoms with Gasteiger partial charge in [-0.15, -0.1) is 0 Å². The molecule has 0 saturated heterocycles. The van der Waals surface area contributed by atoms with Gasteiger partial charge in [-0.3, -0.25) is 9.59 Å². The number of carboxylic acids is 1. The van der Waals surface area contributed by atoms with E-state index in [2.05, 4.69) is 27.4 Å². The molecule has 138 valence electrons. The van der Waals surface area contributed by atoms with Gasteiger partial charge in [-0.1, -0.05) is 26.0 Å². The molecule has 1 spiro atoms. The molecule has 4 aliphatic carbocycles. The molecule has 4 saturated carbocycles. The highest BCUT2D eigenvalue weighted by atomic mass is 16.4. The number of hydrogen-bond acceptors (Lipinski definition) is 2. The van der Waals surface area contributed by atoms with Crippen molar-refractivity contribution in [3.05, 3.63) is 12.2 Å². The molecule has 4 rings (SSSR count). The average Bonchev–Trinajstić information content (AvgIpc) is 3.16. The quantitative estimate of drug-likeness (QED) is 0.730. The number of hydrogen-bond donors (Lipinski definition) is 1. The first-order chi connectivity index (χ1) is 11.6. The fraction of sp³-hybridized carbons (Fsp3) is 0.818. The zero-order valence-corrected chi connectivity index (χ0v) is 16.0. The zero-order chi connectivity index (χ0) is 18.3. The van der Waals surface area contributed by atoms with Crippen molar-refractivity contribution in [3.8, 4) is 0 Å². The number of rotatable bonds is 4. The number of fused-ring (bicyclic) bond motifs is 2. The second-order valence-electron chi connectivity index (χ2n) is 10.1. The molecule has 0 amide bonds. The van der Waals surface area contributed by atoms with Gasteiger partial charge in [-0.05, 0) is 80.0 Å². The Morgan fingerprint density at radius 3 is 2.60 bits per heavy atom. The van der Waals surface area contributed by atoms with E-state index < -0.39 is 5.97 Å². The smallest absolute Gasteiger partial charge is 0.303 e. The van der Waals surface area contributed by atoms with Crippen LogP contribution in [-0.4, -0.2) is 16.9 Å². The average molecular weight is 344 g/mol. The van der Waals surface area contributed by atoms with Crippen molar-refractivity contribution in [2.45, 2.75) is 78.6 Å². The summed E-state index contributed by atoms with van der Waals surface area (Å²) in [5, 5.41) is 9.31. The minimum absolute atomic E-state index is 0.105. The van der Waals surface area contributed by atoms with E-state index >= 15 is 0 Å². The van der Waals surface area contributed by atoms with Crippen molar-refractivity contribution in [2.24, 2.45) is 33.5 Å². The van der Waals surface area contributed by atoms with Crippen LogP contribution in [0.3, 0.4) is 0 Å². The Morgan fingerprint density at radius 2 is 1.96 bits per heavy atom. The summed E-state index contributed by atoms with van der Waals surface area (Å²) in [5.74, 6) is 0.841. The van der Waals surface area contributed by atoms with E-state index in [1.807, 2.05) is 0 Å². The third-order valence-corrected chi connectivity index (χ3v) is 9.54. The van der Waals surface area contributed by atoms with Crippen LogP contribution in [0.15, 0.2) is 12.2 Å². The monoisotopic (exact) mass is 344 g/mol. The van der Waals surface area contributed by atoms with Crippen LogP contribution in [0.4, 0.5) is 0 Å². The Hall–Kier alpha value is -1.12. The summed E-state index contributed by atoms with van der Waals surface area (Å²) >= 11 is 0. The number of carboxylic acid groups (broad SMARTS) is 1. The van der Waals surface area contributed by atoms with Crippen LogP contribution >= 0.6 is 0 Å². The molecular weight excluding hydrogens is 312 g/mol. The third kappa shape index (κ3) is 1.88. The lowest BCUT2D eigenvalue weighted by Gasteiger charge is -2.58. The van der Waals surface area contributed by atoms with Gasteiger partial charge in [0.25, 0.3) is 0 Å². The van der Waals surface area contributed by atoms with Crippen molar-refractivity contribution in [1.82, 2.24) is 0 Å². The second kappa shape index (κ2) is 4.98. The summed E-state index contributed by atoms with van der Waals surface area (Å²) in [6.07, 6.45) is 8.41. The topological polar surface area (TPSA) is 54.4 Å². The highest BCUT2D eigenvalue weighted by Gasteiger charge is 2.80. The molecule has 0 aromatic rings. The molecule has 0 heterocycles. The molecule has 0 radical (unpaired) electrons. The lowest BCUT2D eigenvalue weighted by Crippen LogP contribution is -2.54. The zero-order valence-electron chi connectivity index (χ0n) is 16.0. The minimum atomic E-state index is -0.679. The predicted octanol–water partition coefficient (Wildman–Crippen LogP) is 5.00. The SMILES string of the molecule is C=C(C)C1CC[C@@H]2[C@]3(CC[C@]4(C)C(=O)CC[C@@]24C)C[C@]13CCC(=O)O. The second-order valence-corrected chi connectivity index (χ2v) is 10.1. The van der Waals surface area contributed by atoms with Gasteiger partial charge in [-0.25, -0.2) is 0 Å². The van der Waals surface area contributed by atoms with Gasteiger partial charge in [0.15, 0.2) is 0 Å². The van der Waals surface area contributed by atoms with Crippen molar-refractivity contribution in [1.29, 1.82) is 0 Å². The molecule has 0 aromatic heterocycles. The van der Waals surface area contributed by atoms with E-state index in [-0.39, 0.29) is 28.1 Å². The molecule has 1 unspecified atom stereocenters. The minimum Gasteiger partial charge on any atom is -0.481 e. The van der Waals surface area contributed by atoms with E-state index in [0.29, 0.717) is 17.6 Å². The molecule has 0 aliphatic heterocycles. The lowest BCUT2D eigenvalue weighted by molar-refractivity contribution is -0.144. The summed E-state index contributed by atoms with van der Waals surface area (Å²) in [6.45, 7) is 11.0. The van der Waals surface area contributed by atoms with E-state index in [9.17, 15) is 14.7 Å². The Labute approximate surface area is 151 Å². The molecule has 3 heteroatoms. The summed E-state index contributed by atoms with van der Waals surface area (Å²) in [7, 11) is 0. The fourth-order valence-electron chi connectivity index (χ4n) is 8.04. The van der Waals surface area contributed by atoms with Crippen molar-refractivity contribution in [3.63, 3.8) is 0 Å². The Balaban J connectivity index is 1.73. The summed E-state index contributed by atoms with van der Waals surface area (Å²) < 4.78 is 0. The lowest BCUT2D eigenvalue weighted by atomic mass is 9.45. The number of aliphatic carboxylic acids is 1. The van der Waals surface area contributed by atoms with Gasteiger partial charge in [0.2, 0.25) is 0 Å². The van der Waals surface area contributed by atoms with Crippen molar-refractivity contribution in [2.75, 3.05) is 0 Å². The summed E-state index contributed by atoms with van der Waals surface area (Å²) in [4.78, 5) is 24.0. The largest absolute Gasteiger partial charge is 0.481 e. The van der Waals surface area contributed by atoms with Crippen LogP contribution in [0.25, 0.3) is 0 Å². The van der Waals surface area contributed by atoms with E-state index in [0.717, 1.165) is 44.9 Å². The summed E-state index contributed by atoms with van der Waals surface area (Å²) in [5.41, 5.74) is 1.59. The molecular formula is C22H32O3. The Bertz CT molecular complexity index is 666. The maximum absolute atomic E-state index is 12.7. The normalized spacial score (nSPS) is 50.6. The van der Waals surface area contributed by atoms with Crippen LogP contribution in [0.5, 0.6) is 0 Å². The summed E-state index contributed by atoms with van der Waals surface area (Å²) in [6, 6.07) is 0. The third-order valence-electron chi connectivity index (χ3n) is 9.54. The maximum atomic E-state index is 12.7. The number of carbonyl (C=O) groups excluding carboxylic acids is 1. The standard InChI is InChI=1S/C22H32O3/c1-14(2)15-5-6-16-19(3)9-7-17(23)20(19,4)11-12-22(16)13-21(15,22)10-8-18(24)25/h15-16H,1,5-13H2,2-4H3,(H,24,25)/t15?,16-,19-,20+,21+,22-/m0/s1. The molecule has 4 fully saturated rings. The molecule has 0 aromatic carbocycles. The fourth-order valence-corrected chi connectivity index (χ4v) is 8.04. The Morgan fingerprint density at radius 1 is 1.24 bits per heavy atom. The molecule has 25 heavy (non-hydrogen) atoms. The molecule has 0 bridgehead atoms. The van der Waals surface area contributed by atoms with E-state index in [1.54, 1.807) is 0 Å². The van der Waals surface area contributed by atoms with Crippen LogP contribution in [-0.2, 0) is 9.59 Å². The predicted molar refractivity (Wildman–Crippen MR) is 97.1 cm³/mol. The van der Waals surface area contributed by atoms with Gasteiger partial charge in [-0.2, -0.15) is 0 Å². The van der Waals surface area contributed by atoms with Crippen LogP contribution in [0, 0.1) is 33.5 Å². The van der Waals surface area contributed by atoms with E-state index in [4.69, 9.17) is 0 Å². The van der Waals surface area contributed by atoms with Gasteiger partial charge < -0.3 is 5.11 Å². The maximum Gasteiger partial charge on any atom is 0.303 e. The first kappa shape index (κ1) is 17.3. The highest BCUT2D eigenvalue weighted by Crippen LogP contribution is 2.86. The van der Waals surface area contributed by atoms with Crippen LogP contribution in [0.1, 0.15) is 78.6 Å². The first-order valence-electron chi connectivity index (χ1n) is 10.0. The molecule has 4 aliphatic rings. The van der Waals surface area contributed by atoms with E-state index in [1.165, 1.54) is 12.0 Å². The molecule has 1 N–H and O–H groups in total. The highest BCUT2D eigenvalue weighted by molar-refractivity contribution is 5.88. The molecule has 3 nitrogen and oxygen atoms in total. The van der Waals surface area contributed by atoms with Gasteiger partial charge in [0, 0.05) is 18.3 Å². The van der Waals surface area contributed by atoms with Crippen molar-refractivity contribution >= 4 is 11.8 Å². The van der Waals surface area contributed by atoms with Gasteiger partial charge in [0.1, 0.15) is 5.78 Å². The number of allylic oxidation sites excluding steroid dienone is 1. The van der Waals surface area contributed by atoms with Crippen LogP contribution < -0.4 is 0 Å². The van der Waals surface area contributed by atoms with Crippen LogP contribution in [0.2, 0.25) is 0 Å². The molecule has 6 atom stereocenters. The number of Topliss-reactive ketones (excluding diaryl/α,β-unsaturated/α-hetero) is 1. The number of carbonyl (C=O) groups is 2. The van der Waals surface area contributed by atoms with Gasteiger partial charge >= 0.3 is 5.97 Å². The first-order valence-corrected chi connectivity index (χ1v) is 10.0. The number of ketones is 1. The van der Waals surface area contributed by atoms with Crippen molar-refractivity contribution < 1.29 is 14.7 Å².